The van der Waals surface area contributed by atoms with Gasteiger partial charge in [0.15, 0.2) is 5.82 Å². The third kappa shape index (κ3) is 4.42. The van der Waals surface area contributed by atoms with Crippen LogP contribution in [0.4, 0.5) is 0 Å². The molecule has 0 saturated carbocycles. The molecule has 1 atom stereocenters. The minimum atomic E-state index is 0.416. The molecule has 2 aromatic rings. The summed E-state index contributed by atoms with van der Waals surface area (Å²) in [4.78, 5) is 8.47. The van der Waals surface area contributed by atoms with Gasteiger partial charge in [-0.3, -0.25) is 4.98 Å². The number of pyridine rings is 1. The van der Waals surface area contributed by atoms with Gasteiger partial charge in [0.2, 0.25) is 5.89 Å². The van der Waals surface area contributed by atoms with Crippen LogP contribution in [0.1, 0.15) is 44.0 Å². The maximum Gasteiger partial charge on any atom is 0.228 e. The Morgan fingerprint density at radius 1 is 1.25 bits per heavy atom. The summed E-state index contributed by atoms with van der Waals surface area (Å²) in [7, 11) is 0. The Morgan fingerprint density at radius 3 is 2.75 bits per heavy atom. The van der Waals surface area contributed by atoms with Crippen molar-refractivity contribution in [1.82, 2.24) is 20.4 Å². The van der Waals surface area contributed by atoms with Crippen LogP contribution in [-0.2, 0) is 12.8 Å². The molecule has 0 aliphatic rings. The minimum Gasteiger partial charge on any atom is -0.339 e. The average molecular weight is 274 g/mol. The SMILES string of the molecule is CCCC(Cc1nc(Cc2ccncc2)no1)NCC. The van der Waals surface area contributed by atoms with Crippen LogP contribution < -0.4 is 5.32 Å². The highest BCUT2D eigenvalue weighted by Crippen LogP contribution is 2.09. The normalized spacial score (nSPS) is 12.5. The van der Waals surface area contributed by atoms with Crippen LogP contribution in [0.5, 0.6) is 0 Å². The van der Waals surface area contributed by atoms with E-state index in [2.05, 4.69) is 34.3 Å². The van der Waals surface area contributed by atoms with Gasteiger partial charge in [-0.2, -0.15) is 4.98 Å². The van der Waals surface area contributed by atoms with E-state index in [-0.39, 0.29) is 0 Å². The van der Waals surface area contributed by atoms with Gasteiger partial charge in [-0.1, -0.05) is 25.4 Å². The smallest absolute Gasteiger partial charge is 0.228 e. The molecule has 0 spiro atoms. The molecule has 0 aliphatic carbocycles. The van der Waals surface area contributed by atoms with E-state index in [4.69, 9.17) is 4.52 Å². The number of nitrogens with zero attached hydrogens (tertiary/aromatic N) is 3. The van der Waals surface area contributed by atoms with Crippen molar-refractivity contribution in [3.63, 3.8) is 0 Å². The average Bonchev–Trinajstić information content (AvgIpc) is 2.88. The first-order chi connectivity index (χ1) is 9.81. The predicted molar refractivity (Wildman–Crippen MR) is 77.4 cm³/mol. The Morgan fingerprint density at radius 2 is 2.05 bits per heavy atom. The highest BCUT2D eigenvalue weighted by atomic mass is 16.5. The van der Waals surface area contributed by atoms with Gasteiger partial charge in [-0.05, 0) is 30.7 Å². The summed E-state index contributed by atoms with van der Waals surface area (Å²) in [5.74, 6) is 1.45. The van der Waals surface area contributed by atoms with Crippen LogP contribution >= 0.6 is 0 Å². The lowest BCUT2D eigenvalue weighted by Gasteiger charge is -2.14. The molecule has 0 aromatic carbocycles. The number of likely N-dealkylation sites (N-methyl/N-ethyl adjacent to an activating group) is 1. The Bertz CT molecular complexity index is 492. The Balaban J connectivity index is 1.94. The third-order valence-corrected chi connectivity index (χ3v) is 3.17. The molecule has 5 heteroatoms. The first kappa shape index (κ1) is 14.7. The quantitative estimate of drug-likeness (QED) is 0.800. The van der Waals surface area contributed by atoms with Crippen molar-refractivity contribution in [2.75, 3.05) is 6.54 Å². The molecule has 2 heterocycles. The summed E-state index contributed by atoms with van der Waals surface area (Å²) < 4.78 is 5.34. The van der Waals surface area contributed by atoms with Crippen molar-refractivity contribution >= 4 is 0 Å². The van der Waals surface area contributed by atoms with Gasteiger partial charge in [-0.15, -0.1) is 0 Å². The van der Waals surface area contributed by atoms with Gasteiger partial charge in [0.1, 0.15) is 0 Å². The monoisotopic (exact) mass is 274 g/mol. The molecule has 0 radical (unpaired) electrons. The maximum atomic E-state index is 5.34. The summed E-state index contributed by atoms with van der Waals surface area (Å²) >= 11 is 0. The van der Waals surface area contributed by atoms with Crippen molar-refractivity contribution in [3.8, 4) is 0 Å². The molecule has 2 aromatic heterocycles. The third-order valence-electron chi connectivity index (χ3n) is 3.17. The first-order valence-corrected chi connectivity index (χ1v) is 7.25. The van der Waals surface area contributed by atoms with Gasteiger partial charge in [-0.25, -0.2) is 0 Å². The van der Waals surface area contributed by atoms with E-state index in [1.165, 1.54) is 0 Å². The second-order valence-electron chi connectivity index (χ2n) is 4.88. The van der Waals surface area contributed by atoms with Crippen LogP contribution in [0.15, 0.2) is 29.0 Å². The maximum absolute atomic E-state index is 5.34. The molecule has 0 fully saturated rings. The Labute approximate surface area is 119 Å². The largest absolute Gasteiger partial charge is 0.339 e. The topological polar surface area (TPSA) is 63.8 Å². The molecule has 20 heavy (non-hydrogen) atoms. The fourth-order valence-electron chi connectivity index (χ4n) is 2.25. The lowest BCUT2D eigenvalue weighted by molar-refractivity contribution is 0.349. The Hall–Kier alpha value is -1.75. The molecule has 0 amide bonds. The van der Waals surface area contributed by atoms with Crippen LogP contribution in [0.2, 0.25) is 0 Å². The van der Waals surface area contributed by atoms with Gasteiger partial charge >= 0.3 is 0 Å². The van der Waals surface area contributed by atoms with E-state index in [1.54, 1.807) is 12.4 Å². The molecular weight excluding hydrogens is 252 g/mol. The van der Waals surface area contributed by atoms with Gasteiger partial charge in [0.05, 0.1) is 0 Å². The van der Waals surface area contributed by atoms with Gasteiger partial charge in [0.25, 0.3) is 0 Å². The van der Waals surface area contributed by atoms with E-state index in [0.717, 1.165) is 37.2 Å². The van der Waals surface area contributed by atoms with Crippen molar-refractivity contribution in [2.24, 2.45) is 0 Å². The highest BCUT2D eigenvalue weighted by Gasteiger charge is 2.13. The summed E-state index contributed by atoms with van der Waals surface area (Å²) in [5, 5.41) is 7.51. The highest BCUT2D eigenvalue weighted by molar-refractivity contribution is 5.14. The van der Waals surface area contributed by atoms with Crippen molar-refractivity contribution in [3.05, 3.63) is 41.8 Å². The van der Waals surface area contributed by atoms with Crippen LogP contribution in [-0.4, -0.2) is 27.7 Å². The summed E-state index contributed by atoms with van der Waals surface area (Å²) in [6.45, 7) is 5.26. The molecule has 0 bridgehead atoms. The van der Waals surface area contributed by atoms with Crippen LogP contribution in [0.3, 0.4) is 0 Å². The van der Waals surface area contributed by atoms with Gasteiger partial charge in [0, 0.05) is 31.3 Å². The molecule has 0 aliphatic heterocycles. The number of hydrogen-bond acceptors (Lipinski definition) is 5. The summed E-state index contributed by atoms with van der Waals surface area (Å²) in [6.07, 6.45) is 7.31. The number of aromatic nitrogens is 3. The zero-order valence-corrected chi connectivity index (χ0v) is 12.2. The standard InChI is InChI=1S/C15H22N4O/c1-3-5-13(17-4-2)11-15-18-14(19-20-15)10-12-6-8-16-9-7-12/h6-9,13,17H,3-5,10-11H2,1-2H3. The summed E-state index contributed by atoms with van der Waals surface area (Å²) in [5.41, 5.74) is 1.14. The fourth-order valence-corrected chi connectivity index (χ4v) is 2.25. The van der Waals surface area contributed by atoms with Crippen LogP contribution in [0.25, 0.3) is 0 Å². The van der Waals surface area contributed by atoms with Crippen molar-refractivity contribution < 1.29 is 4.52 Å². The lowest BCUT2D eigenvalue weighted by Crippen LogP contribution is -2.30. The van der Waals surface area contributed by atoms with E-state index >= 15 is 0 Å². The molecule has 2 rings (SSSR count). The molecule has 5 nitrogen and oxygen atoms in total. The van der Waals surface area contributed by atoms with Crippen molar-refractivity contribution in [2.45, 2.75) is 45.6 Å². The summed E-state index contributed by atoms with van der Waals surface area (Å²) in [6, 6.07) is 4.35. The molecule has 108 valence electrons. The first-order valence-electron chi connectivity index (χ1n) is 7.25. The zero-order chi connectivity index (χ0) is 14.2. The lowest BCUT2D eigenvalue weighted by atomic mass is 10.1. The predicted octanol–water partition coefficient (Wildman–Crippen LogP) is 2.38. The second kappa shape index (κ2) is 7.75. The zero-order valence-electron chi connectivity index (χ0n) is 12.2. The molecule has 1 N–H and O–H groups in total. The second-order valence-corrected chi connectivity index (χ2v) is 4.88. The van der Waals surface area contributed by atoms with Crippen LogP contribution in [0, 0.1) is 0 Å². The van der Waals surface area contributed by atoms with E-state index in [9.17, 15) is 0 Å². The van der Waals surface area contributed by atoms with E-state index in [1.807, 2.05) is 12.1 Å². The molecular formula is C15H22N4O. The number of rotatable bonds is 8. The van der Waals surface area contributed by atoms with Gasteiger partial charge < -0.3 is 9.84 Å². The number of nitrogens with one attached hydrogen (secondary N) is 1. The molecule has 1 unspecified atom stereocenters. The molecule has 0 saturated heterocycles. The van der Waals surface area contributed by atoms with E-state index < -0.39 is 0 Å². The van der Waals surface area contributed by atoms with E-state index in [0.29, 0.717) is 18.4 Å². The Kier molecular flexibility index (Phi) is 5.68. The number of hydrogen-bond donors (Lipinski definition) is 1. The van der Waals surface area contributed by atoms with Crippen molar-refractivity contribution in [1.29, 1.82) is 0 Å². The minimum absolute atomic E-state index is 0.416. The fraction of sp³-hybridized carbons (Fsp3) is 0.533.